The fourth-order valence-electron chi connectivity index (χ4n) is 1.93. The quantitative estimate of drug-likeness (QED) is 0.905. The maximum Gasteiger partial charge on any atom is 0.243 e. The molecule has 21 heavy (non-hydrogen) atoms. The molecule has 0 atom stereocenters. The van der Waals surface area contributed by atoms with Gasteiger partial charge in [0, 0.05) is 0 Å². The third kappa shape index (κ3) is 3.88. The zero-order valence-electron chi connectivity index (χ0n) is 12.5. The van der Waals surface area contributed by atoms with Crippen LogP contribution in [-0.4, -0.2) is 27.3 Å². The maximum absolute atomic E-state index is 10.7. The molecule has 2 aromatic rings. The van der Waals surface area contributed by atoms with Crippen LogP contribution in [0.4, 0.5) is 0 Å². The van der Waals surface area contributed by atoms with E-state index in [0.29, 0.717) is 5.82 Å². The molecule has 0 bridgehead atoms. The predicted molar refractivity (Wildman–Crippen MR) is 78.9 cm³/mol. The summed E-state index contributed by atoms with van der Waals surface area (Å²) in [4.78, 5) is 14.8. The average molecular weight is 288 g/mol. The summed E-state index contributed by atoms with van der Waals surface area (Å²) in [5.74, 6) is 0.121. The number of carbonyl (C=O) groups is 1. The first-order valence-electron chi connectivity index (χ1n) is 6.74. The lowest BCUT2D eigenvalue weighted by atomic mass is 9.87. The molecule has 0 aliphatic carbocycles. The molecule has 1 heterocycles. The Labute approximate surface area is 123 Å². The highest BCUT2D eigenvalue weighted by Crippen LogP contribution is 2.23. The van der Waals surface area contributed by atoms with Crippen LogP contribution < -0.4 is 5.73 Å². The first-order chi connectivity index (χ1) is 9.88. The second-order valence-electron chi connectivity index (χ2n) is 5.84. The van der Waals surface area contributed by atoms with Crippen molar-refractivity contribution in [1.82, 2.24) is 14.8 Å². The summed E-state index contributed by atoms with van der Waals surface area (Å²) in [5, 5.41) is 4.19. The largest absolute Gasteiger partial charge is 0.368 e. The standard InChI is InChI=1S/C15H20N4O2/c1-15(2,3)11-4-6-12(7-5-11)19-14(17-10-18-19)9-21-8-13(16)20/h4-7,10H,8-9H2,1-3H3,(H2,16,20). The van der Waals surface area contributed by atoms with E-state index < -0.39 is 5.91 Å². The number of ether oxygens (including phenoxy) is 1. The minimum Gasteiger partial charge on any atom is -0.368 e. The number of aromatic nitrogens is 3. The fourth-order valence-corrected chi connectivity index (χ4v) is 1.93. The number of amides is 1. The second-order valence-corrected chi connectivity index (χ2v) is 5.84. The van der Waals surface area contributed by atoms with E-state index in [9.17, 15) is 4.79 Å². The Bertz CT molecular complexity index is 611. The van der Waals surface area contributed by atoms with Gasteiger partial charge in [-0.2, -0.15) is 5.10 Å². The summed E-state index contributed by atoms with van der Waals surface area (Å²) in [7, 11) is 0. The minimum absolute atomic E-state index is 0.105. The maximum atomic E-state index is 10.7. The molecule has 2 N–H and O–H groups in total. The number of nitrogens with two attached hydrogens (primary N) is 1. The van der Waals surface area contributed by atoms with E-state index in [-0.39, 0.29) is 18.6 Å². The second kappa shape index (κ2) is 6.05. The van der Waals surface area contributed by atoms with Crippen molar-refractivity contribution >= 4 is 5.91 Å². The van der Waals surface area contributed by atoms with Crippen LogP contribution in [0, 0.1) is 0 Å². The zero-order chi connectivity index (χ0) is 15.5. The van der Waals surface area contributed by atoms with Gasteiger partial charge >= 0.3 is 0 Å². The van der Waals surface area contributed by atoms with Crippen LogP contribution in [0.2, 0.25) is 0 Å². The lowest BCUT2D eigenvalue weighted by Gasteiger charge is -2.19. The molecule has 0 radical (unpaired) electrons. The monoisotopic (exact) mass is 288 g/mol. The first kappa shape index (κ1) is 15.2. The van der Waals surface area contributed by atoms with Gasteiger partial charge < -0.3 is 10.5 Å². The van der Waals surface area contributed by atoms with Gasteiger partial charge in [-0.15, -0.1) is 0 Å². The van der Waals surface area contributed by atoms with Crippen LogP contribution in [0.5, 0.6) is 0 Å². The Balaban J connectivity index is 2.15. The van der Waals surface area contributed by atoms with E-state index in [1.165, 1.54) is 11.9 Å². The Morgan fingerprint density at radius 1 is 1.29 bits per heavy atom. The Kier molecular flexibility index (Phi) is 4.37. The van der Waals surface area contributed by atoms with E-state index >= 15 is 0 Å². The molecule has 1 aromatic heterocycles. The molecular weight excluding hydrogens is 268 g/mol. The lowest BCUT2D eigenvalue weighted by molar-refractivity contribution is -0.122. The van der Waals surface area contributed by atoms with Crippen LogP contribution in [0.25, 0.3) is 5.69 Å². The molecule has 6 heteroatoms. The molecule has 1 amide bonds. The van der Waals surface area contributed by atoms with E-state index in [0.717, 1.165) is 5.69 Å². The van der Waals surface area contributed by atoms with Gasteiger partial charge in [0.1, 0.15) is 19.5 Å². The number of primary amides is 1. The Morgan fingerprint density at radius 2 is 1.95 bits per heavy atom. The number of benzene rings is 1. The summed E-state index contributed by atoms with van der Waals surface area (Å²) >= 11 is 0. The van der Waals surface area contributed by atoms with Gasteiger partial charge in [0.05, 0.1) is 5.69 Å². The van der Waals surface area contributed by atoms with Crippen molar-refractivity contribution in [2.24, 2.45) is 5.73 Å². The summed E-state index contributed by atoms with van der Waals surface area (Å²) in [6.07, 6.45) is 1.46. The number of carbonyl (C=O) groups excluding carboxylic acids is 1. The molecule has 2 rings (SSSR count). The lowest BCUT2D eigenvalue weighted by Crippen LogP contribution is -2.18. The fraction of sp³-hybridized carbons (Fsp3) is 0.400. The van der Waals surface area contributed by atoms with Gasteiger partial charge in [0.25, 0.3) is 0 Å². The SMILES string of the molecule is CC(C)(C)c1ccc(-n2ncnc2COCC(N)=O)cc1. The molecule has 0 aliphatic rings. The summed E-state index contributed by atoms with van der Waals surface area (Å²) in [6.45, 7) is 6.56. The molecule has 0 spiro atoms. The molecule has 0 aliphatic heterocycles. The predicted octanol–water partition coefficient (Wildman–Crippen LogP) is 1.57. The molecule has 112 valence electrons. The van der Waals surface area contributed by atoms with Gasteiger partial charge in [0.2, 0.25) is 5.91 Å². The van der Waals surface area contributed by atoms with E-state index in [1.807, 2.05) is 12.1 Å². The van der Waals surface area contributed by atoms with Crippen molar-refractivity contribution < 1.29 is 9.53 Å². The highest BCUT2D eigenvalue weighted by molar-refractivity contribution is 5.74. The van der Waals surface area contributed by atoms with Crippen molar-refractivity contribution in [1.29, 1.82) is 0 Å². The molecule has 1 aromatic carbocycles. The first-order valence-corrected chi connectivity index (χ1v) is 6.74. The van der Waals surface area contributed by atoms with Gasteiger partial charge in [-0.3, -0.25) is 4.79 Å². The number of nitrogens with zero attached hydrogens (tertiary/aromatic N) is 3. The van der Waals surface area contributed by atoms with Crippen molar-refractivity contribution in [2.75, 3.05) is 6.61 Å². The average Bonchev–Trinajstić information content (AvgIpc) is 2.86. The van der Waals surface area contributed by atoms with Gasteiger partial charge in [-0.05, 0) is 23.1 Å². The van der Waals surface area contributed by atoms with Gasteiger partial charge in [-0.1, -0.05) is 32.9 Å². The minimum atomic E-state index is -0.504. The molecule has 0 fully saturated rings. The van der Waals surface area contributed by atoms with Crippen LogP contribution in [0.15, 0.2) is 30.6 Å². The third-order valence-corrected chi connectivity index (χ3v) is 3.07. The smallest absolute Gasteiger partial charge is 0.243 e. The normalized spacial score (nSPS) is 11.6. The highest BCUT2D eigenvalue weighted by Gasteiger charge is 2.14. The topological polar surface area (TPSA) is 83.0 Å². The van der Waals surface area contributed by atoms with Crippen LogP contribution >= 0.6 is 0 Å². The summed E-state index contributed by atoms with van der Waals surface area (Å²) < 4.78 is 6.87. The molecule has 6 nitrogen and oxygen atoms in total. The molecule has 0 saturated carbocycles. The third-order valence-electron chi connectivity index (χ3n) is 3.07. The van der Waals surface area contributed by atoms with Crippen LogP contribution in [-0.2, 0) is 21.6 Å². The Hall–Kier alpha value is -2.21. The number of rotatable bonds is 5. The highest BCUT2D eigenvalue weighted by atomic mass is 16.5. The van der Waals surface area contributed by atoms with E-state index in [1.54, 1.807) is 4.68 Å². The van der Waals surface area contributed by atoms with Crippen molar-refractivity contribution in [3.63, 3.8) is 0 Å². The van der Waals surface area contributed by atoms with Gasteiger partial charge in [0.15, 0.2) is 5.82 Å². The van der Waals surface area contributed by atoms with Crippen molar-refractivity contribution in [3.05, 3.63) is 42.0 Å². The Morgan fingerprint density at radius 3 is 2.52 bits per heavy atom. The zero-order valence-corrected chi connectivity index (χ0v) is 12.5. The molecule has 0 unspecified atom stereocenters. The van der Waals surface area contributed by atoms with Gasteiger partial charge in [-0.25, -0.2) is 9.67 Å². The van der Waals surface area contributed by atoms with Crippen molar-refractivity contribution in [2.45, 2.75) is 32.8 Å². The van der Waals surface area contributed by atoms with E-state index in [4.69, 9.17) is 10.5 Å². The van der Waals surface area contributed by atoms with Crippen LogP contribution in [0.1, 0.15) is 32.2 Å². The molecular formula is C15H20N4O2. The summed E-state index contributed by atoms with van der Waals surface area (Å²) in [6, 6.07) is 8.13. The summed E-state index contributed by atoms with van der Waals surface area (Å²) in [5.41, 5.74) is 7.29. The molecule has 0 saturated heterocycles. The number of hydrogen-bond acceptors (Lipinski definition) is 4. The van der Waals surface area contributed by atoms with Crippen molar-refractivity contribution in [3.8, 4) is 5.69 Å². The van der Waals surface area contributed by atoms with E-state index in [2.05, 4.69) is 43.0 Å². The number of hydrogen-bond donors (Lipinski definition) is 1. The van der Waals surface area contributed by atoms with Crippen LogP contribution in [0.3, 0.4) is 0 Å².